The summed E-state index contributed by atoms with van der Waals surface area (Å²) in [6.45, 7) is 4.54. The predicted octanol–water partition coefficient (Wildman–Crippen LogP) is 3.52. The largest absolute Gasteiger partial charge is 0.494 e. The highest BCUT2D eigenvalue weighted by Gasteiger charge is 2.14. The van der Waals surface area contributed by atoms with Crippen LogP contribution in [0.15, 0.2) is 42.5 Å². The van der Waals surface area contributed by atoms with Gasteiger partial charge in [-0.15, -0.1) is 0 Å². The van der Waals surface area contributed by atoms with Gasteiger partial charge in [0.2, 0.25) is 0 Å². The third kappa shape index (κ3) is 2.29. The summed E-state index contributed by atoms with van der Waals surface area (Å²) < 4.78 is 7.31. The molecule has 3 aromatic rings. The molecule has 0 spiro atoms. The first-order chi connectivity index (χ1) is 10.2. The van der Waals surface area contributed by atoms with Crippen molar-refractivity contribution in [2.45, 2.75) is 13.8 Å². The molecule has 0 saturated heterocycles. The molecule has 0 aliphatic rings. The number of hydrogen-bond acceptors (Lipinski definition) is 3. The second-order valence-corrected chi connectivity index (χ2v) is 4.78. The van der Waals surface area contributed by atoms with Crippen LogP contribution >= 0.6 is 0 Å². The highest BCUT2D eigenvalue weighted by molar-refractivity contribution is 5.86. The lowest BCUT2D eigenvalue weighted by Gasteiger charge is -2.04. The number of aromatic nitrogens is 2. The number of pyridine rings is 1. The number of aryl methyl sites for hydroxylation is 1. The standard InChI is InChI=1S/C17H16N2O2/c1-3-21-14-9-7-13(8-10-14)17-15(11-20)19-12(2)5-4-6-16(19)18-17/h4-11H,3H2,1-2H3. The Labute approximate surface area is 123 Å². The van der Waals surface area contributed by atoms with Gasteiger partial charge in [0, 0.05) is 11.3 Å². The molecular formula is C17H16N2O2. The van der Waals surface area contributed by atoms with Crippen LogP contribution in [0.25, 0.3) is 16.9 Å². The summed E-state index contributed by atoms with van der Waals surface area (Å²) in [7, 11) is 0. The number of nitrogens with zero attached hydrogens (tertiary/aromatic N) is 2. The number of benzene rings is 1. The van der Waals surface area contributed by atoms with Gasteiger partial charge in [-0.25, -0.2) is 4.98 Å². The minimum absolute atomic E-state index is 0.576. The van der Waals surface area contributed by atoms with Crippen LogP contribution in [0.5, 0.6) is 5.75 Å². The van der Waals surface area contributed by atoms with Crippen LogP contribution < -0.4 is 4.74 Å². The van der Waals surface area contributed by atoms with Gasteiger partial charge in [-0.1, -0.05) is 6.07 Å². The van der Waals surface area contributed by atoms with Gasteiger partial charge in [-0.3, -0.25) is 9.20 Å². The van der Waals surface area contributed by atoms with Gasteiger partial charge in [0.25, 0.3) is 0 Å². The Bertz CT molecular complexity index is 788. The molecule has 4 heteroatoms. The van der Waals surface area contributed by atoms with Crippen molar-refractivity contribution in [1.82, 2.24) is 9.38 Å². The molecule has 2 heterocycles. The summed E-state index contributed by atoms with van der Waals surface area (Å²) in [6, 6.07) is 13.4. The third-order valence-corrected chi connectivity index (χ3v) is 3.42. The van der Waals surface area contributed by atoms with E-state index in [1.54, 1.807) is 0 Å². The van der Waals surface area contributed by atoms with Crippen molar-refractivity contribution in [1.29, 1.82) is 0 Å². The van der Waals surface area contributed by atoms with Crippen LogP contribution in [0, 0.1) is 6.92 Å². The molecule has 0 radical (unpaired) electrons. The van der Waals surface area contributed by atoms with Crippen molar-refractivity contribution in [3.05, 3.63) is 53.9 Å². The van der Waals surface area contributed by atoms with Crippen molar-refractivity contribution in [2.24, 2.45) is 0 Å². The summed E-state index contributed by atoms with van der Waals surface area (Å²) >= 11 is 0. The number of hydrogen-bond donors (Lipinski definition) is 0. The average Bonchev–Trinajstić information content (AvgIpc) is 2.88. The molecule has 3 rings (SSSR count). The molecule has 0 atom stereocenters. The zero-order valence-corrected chi connectivity index (χ0v) is 12.0. The lowest BCUT2D eigenvalue weighted by atomic mass is 10.1. The number of imidazole rings is 1. The molecule has 1 aromatic carbocycles. The molecule has 0 fully saturated rings. The topological polar surface area (TPSA) is 43.6 Å². The summed E-state index contributed by atoms with van der Waals surface area (Å²) in [5, 5.41) is 0. The second-order valence-electron chi connectivity index (χ2n) is 4.78. The molecule has 0 amide bonds. The molecule has 106 valence electrons. The van der Waals surface area contributed by atoms with Crippen LogP contribution in [0.3, 0.4) is 0 Å². The fourth-order valence-electron chi connectivity index (χ4n) is 2.48. The first-order valence-corrected chi connectivity index (χ1v) is 6.91. The van der Waals surface area contributed by atoms with Crippen molar-refractivity contribution >= 4 is 11.9 Å². The Balaban J connectivity index is 2.15. The Morgan fingerprint density at radius 1 is 1.19 bits per heavy atom. The highest BCUT2D eigenvalue weighted by atomic mass is 16.5. The van der Waals surface area contributed by atoms with Crippen LogP contribution in [0.4, 0.5) is 0 Å². The van der Waals surface area contributed by atoms with E-state index in [2.05, 4.69) is 4.98 Å². The first-order valence-electron chi connectivity index (χ1n) is 6.91. The van der Waals surface area contributed by atoms with E-state index in [4.69, 9.17) is 4.74 Å². The highest BCUT2D eigenvalue weighted by Crippen LogP contribution is 2.26. The number of fused-ring (bicyclic) bond motifs is 1. The molecular weight excluding hydrogens is 264 g/mol. The number of ether oxygens (including phenoxy) is 1. The second kappa shape index (κ2) is 5.40. The van der Waals surface area contributed by atoms with Gasteiger partial charge in [-0.05, 0) is 50.2 Å². The quantitative estimate of drug-likeness (QED) is 0.687. The zero-order chi connectivity index (χ0) is 14.8. The third-order valence-electron chi connectivity index (χ3n) is 3.42. The van der Waals surface area contributed by atoms with Crippen LogP contribution in [-0.4, -0.2) is 22.3 Å². The Hall–Kier alpha value is -2.62. The van der Waals surface area contributed by atoms with Gasteiger partial charge in [0.15, 0.2) is 6.29 Å². The molecule has 2 aromatic heterocycles. The predicted molar refractivity (Wildman–Crippen MR) is 81.9 cm³/mol. The summed E-state index contributed by atoms with van der Waals surface area (Å²) in [5.41, 5.74) is 3.94. The van der Waals surface area contributed by atoms with Crippen molar-refractivity contribution < 1.29 is 9.53 Å². The van der Waals surface area contributed by atoms with E-state index in [9.17, 15) is 4.79 Å². The van der Waals surface area contributed by atoms with Gasteiger partial charge in [-0.2, -0.15) is 0 Å². The smallest absolute Gasteiger partial charge is 0.169 e. The first kappa shape index (κ1) is 13.4. The summed E-state index contributed by atoms with van der Waals surface area (Å²) in [5.74, 6) is 0.814. The van der Waals surface area contributed by atoms with Crippen molar-refractivity contribution in [2.75, 3.05) is 6.61 Å². The maximum atomic E-state index is 11.5. The average molecular weight is 280 g/mol. The molecule has 0 N–H and O–H groups in total. The van der Waals surface area contributed by atoms with Gasteiger partial charge < -0.3 is 4.74 Å². The number of rotatable bonds is 4. The molecule has 0 saturated carbocycles. The number of carbonyl (C=O) groups excluding carboxylic acids is 1. The molecule has 0 bridgehead atoms. The normalized spacial score (nSPS) is 10.8. The molecule has 0 aliphatic heterocycles. The van der Waals surface area contributed by atoms with Gasteiger partial charge >= 0.3 is 0 Å². The maximum Gasteiger partial charge on any atom is 0.169 e. The Morgan fingerprint density at radius 2 is 1.95 bits per heavy atom. The number of carbonyl (C=O) groups is 1. The minimum Gasteiger partial charge on any atom is -0.494 e. The van der Waals surface area contributed by atoms with E-state index in [-0.39, 0.29) is 0 Å². The molecule has 0 aliphatic carbocycles. The summed E-state index contributed by atoms with van der Waals surface area (Å²) in [4.78, 5) is 16.1. The molecule has 4 nitrogen and oxygen atoms in total. The SMILES string of the molecule is CCOc1ccc(-c2nc3cccc(C)n3c2C=O)cc1. The summed E-state index contributed by atoms with van der Waals surface area (Å²) in [6.07, 6.45) is 0.860. The zero-order valence-electron chi connectivity index (χ0n) is 12.0. The van der Waals surface area contributed by atoms with E-state index in [0.29, 0.717) is 18.0 Å². The molecule has 21 heavy (non-hydrogen) atoms. The van der Waals surface area contributed by atoms with E-state index in [1.807, 2.05) is 60.7 Å². The monoisotopic (exact) mass is 280 g/mol. The fraction of sp³-hybridized carbons (Fsp3) is 0.176. The molecule has 0 unspecified atom stereocenters. The maximum absolute atomic E-state index is 11.5. The van der Waals surface area contributed by atoms with Crippen LogP contribution in [0.2, 0.25) is 0 Å². The van der Waals surface area contributed by atoms with E-state index in [0.717, 1.165) is 28.9 Å². The Morgan fingerprint density at radius 3 is 2.62 bits per heavy atom. The van der Waals surface area contributed by atoms with Crippen LogP contribution in [0.1, 0.15) is 23.1 Å². The fourth-order valence-corrected chi connectivity index (χ4v) is 2.48. The van der Waals surface area contributed by atoms with E-state index >= 15 is 0 Å². The van der Waals surface area contributed by atoms with E-state index in [1.165, 1.54) is 0 Å². The lowest BCUT2D eigenvalue weighted by molar-refractivity contribution is 0.111. The Kier molecular flexibility index (Phi) is 3.44. The van der Waals surface area contributed by atoms with Gasteiger partial charge in [0.1, 0.15) is 22.8 Å². The lowest BCUT2D eigenvalue weighted by Crippen LogP contribution is -1.96. The van der Waals surface area contributed by atoms with E-state index < -0.39 is 0 Å². The minimum atomic E-state index is 0.576. The van der Waals surface area contributed by atoms with Crippen molar-refractivity contribution in [3.63, 3.8) is 0 Å². The van der Waals surface area contributed by atoms with Crippen molar-refractivity contribution in [3.8, 4) is 17.0 Å². The van der Waals surface area contributed by atoms with Crippen LogP contribution in [-0.2, 0) is 0 Å². The van der Waals surface area contributed by atoms with Gasteiger partial charge in [0.05, 0.1) is 6.61 Å². The number of aldehydes is 1.